The number of halogens is 1. The average Bonchev–Trinajstić information content (AvgIpc) is 2.84. The molecule has 0 fully saturated rings. The zero-order valence-electron chi connectivity index (χ0n) is 9.89. The van der Waals surface area contributed by atoms with Gasteiger partial charge in [-0.2, -0.15) is 0 Å². The molecule has 4 heteroatoms. The summed E-state index contributed by atoms with van der Waals surface area (Å²) in [6.45, 7) is 0. The van der Waals surface area contributed by atoms with Gasteiger partial charge in [-0.05, 0) is 28.7 Å². The fourth-order valence-electron chi connectivity index (χ4n) is 1.78. The Morgan fingerprint density at radius 2 is 1.84 bits per heavy atom. The van der Waals surface area contributed by atoms with E-state index in [1.165, 1.54) is 14.9 Å². The minimum Gasteiger partial charge on any atom is -0.437 e. The van der Waals surface area contributed by atoms with Crippen molar-refractivity contribution in [2.24, 2.45) is 0 Å². The normalized spacial score (nSPS) is 10.6. The Bertz CT molecular complexity index is 852. The van der Waals surface area contributed by atoms with Crippen molar-refractivity contribution in [1.82, 2.24) is 4.98 Å². The van der Waals surface area contributed by atoms with E-state index in [1.807, 2.05) is 30.3 Å². The second-order valence-electron chi connectivity index (χ2n) is 4.12. The van der Waals surface area contributed by atoms with E-state index >= 15 is 0 Å². The van der Waals surface area contributed by atoms with Gasteiger partial charge in [0.2, 0.25) is 0 Å². The predicted molar refractivity (Wildman–Crippen MR) is 81.1 cm³/mol. The van der Waals surface area contributed by atoms with E-state index in [4.69, 9.17) is 16.6 Å². The number of H-pyrrole nitrogens is 1. The van der Waals surface area contributed by atoms with Crippen LogP contribution in [0.1, 0.15) is 0 Å². The van der Waals surface area contributed by atoms with E-state index in [2.05, 4.69) is 39.1 Å². The van der Waals surface area contributed by atoms with E-state index in [0.29, 0.717) is 4.84 Å². The Balaban J connectivity index is 0.000000132. The smallest absolute Gasteiger partial charge is 0.266 e. The fourth-order valence-corrected chi connectivity index (χ4v) is 2.55. The lowest BCUT2D eigenvalue weighted by Crippen LogP contribution is -1.85. The summed E-state index contributed by atoms with van der Waals surface area (Å²) < 4.78 is 6.23. The van der Waals surface area contributed by atoms with Gasteiger partial charge in [0.25, 0.3) is 4.84 Å². The van der Waals surface area contributed by atoms with Crippen LogP contribution >= 0.6 is 28.1 Å². The highest BCUT2D eigenvalue weighted by Crippen LogP contribution is 2.20. The topological polar surface area (TPSA) is 28.9 Å². The number of hydrogen-bond donors (Lipinski definition) is 1. The van der Waals surface area contributed by atoms with Crippen molar-refractivity contribution in [2.45, 2.75) is 0 Å². The van der Waals surface area contributed by atoms with E-state index in [9.17, 15) is 0 Å². The molecule has 2 aliphatic rings. The van der Waals surface area contributed by atoms with Crippen molar-refractivity contribution in [3.63, 3.8) is 0 Å². The van der Waals surface area contributed by atoms with Gasteiger partial charge in [-0.3, -0.25) is 0 Å². The average molecular weight is 332 g/mol. The van der Waals surface area contributed by atoms with E-state index in [0.717, 1.165) is 11.3 Å². The summed E-state index contributed by atoms with van der Waals surface area (Å²) >= 11 is 8.18. The number of hydrogen-bond acceptors (Lipinski definition) is 2. The number of oxazole rings is 1. The van der Waals surface area contributed by atoms with Crippen LogP contribution in [0.15, 0.2) is 63.7 Å². The van der Waals surface area contributed by atoms with Crippen molar-refractivity contribution in [1.29, 1.82) is 0 Å². The van der Waals surface area contributed by atoms with Crippen molar-refractivity contribution in [3.8, 4) is 11.3 Å². The van der Waals surface area contributed by atoms with Gasteiger partial charge < -0.3 is 9.40 Å². The van der Waals surface area contributed by atoms with Crippen LogP contribution in [0, 0.1) is 15.3 Å². The van der Waals surface area contributed by atoms with Crippen molar-refractivity contribution >= 4 is 28.1 Å². The first-order valence-corrected chi connectivity index (χ1v) is 6.97. The van der Waals surface area contributed by atoms with E-state index in [-0.39, 0.29) is 0 Å². The lowest BCUT2D eigenvalue weighted by atomic mass is 10.1. The number of aromatic amines is 1. The van der Waals surface area contributed by atoms with Crippen LogP contribution < -0.4 is 0 Å². The molecule has 0 unspecified atom stereocenters. The highest BCUT2D eigenvalue weighted by atomic mass is 79.9. The first-order chi connectivity index (χ1) is 9.24. The Labute approximate surface area is 123 Å². The fraction of sp³-hybridized carbons (Fsp3) is 0. The largest absolute Gasteiger partial charge is 0.437 e. The zero-order chi connectivity index (χ0) is 13.2. The molecule has 1 aromatic carbocycles. The molecule has 0 radical (unpaired) electrons. The summed E-state index contributed by atoms with van der Waals surface area (Å²) in [5, 5.41) is 2.78. The lowest BCUT2D eigenvalue weighted by molar-refractivity contribution is 0.541. The maximum Gasteiger partial charge on any atom is 0.266 e. The predicted octanol–water partition coefficient (Wildman–Crippen LogP) is 5.05. The molecule has 0 spiro atoms. The van der Waals surface area contributed by atoms with Gasteiger partial charge in [-0.25, -0.2) is 0 Å². The number of nitrogens with one attached hydrogen (secondary N) is 1. The van der Waals surface area contributed by atoms with Crippen molar-refractivity contribution in [2.75, 3.05) is 0 Å². The van der Waals surface area contributed by atoms with Gasteiger partial charge in [0.1, 0.15) is 6.26 Å². The molecule has 2 aliphatic carbocycles. The van der Waals surface area contributed by atoms with E-state index < -0.39 is 0 Å². The standard InChI is InChI=1S/C9H7NOS.C6H3Br/c12-9-10-8(6-11-9)7-4-2-1-3-5-7;7-6-3-4-1-2-5(4)6/h1-6H,(H,10,12);1-3H. The molecular weight excluding hydrogens is 322 g/mol. The van der Waals surface area contributed by atoms with Gasteiger partial charge in [0.05, 0.1) is 5.69 Å². The van der Waals surface area contributed by atoms with Crippen LogP contribution in [0.3, 0.4) is 0 Å². The Morgan fingerprint density at radius 1 is 1.05 bits per heavy atom. The molecule has 19 heavy (non-hydrogen) atoms. The highest BCUT2D eigenvalue weighted by molar-refractivity contribution is 9.10. The molecule has 1 N–H and O–H groups in total. The third-order valence-electron chi connectivity index (χ3n) is 2.89. The number of rotatable bonds is 1. The van der Waals surface area contributed by atoms with Crippen molar-refractivity contribution in [3.05, 3.63) is 74.5 Å². The summed E-state index contributed by atoms with van der Waals surface area (Å²) in [4.78, 5) is 3.35. The maximum atomic E-state index is 4.98. The monoisotopic (exact) mass is 331 g/mol. The summed E-state index contributed by atoms with van der Waals surface area (Å²) in [5.74, 6) is 0. The summed E-state index contributed by atoms with van der Waals surface area (Å²) in [5.41, 5.74) is 2.00. The second-order valence-corrected chi connectivity index (χ2v) is 5.35. The molecule has 0 saturated carbocycles. The quantitative estimate of drug-likeness (QED) is 0.494. The molecule has 0 amide bonds. The van der Waals surface area contributed by atoms with E-state index in [1.54, 1.807) is 6.26 Å². The molecule has 1 heterocycles. The van der Waals surface area contributed by atoms with Crippen molar-refractivity contribution < 1.29 is 4.42 Å². The third kappa shape index (κ3) is 2.55. The molecule has 0 aliphatic heterocycles. The van der Waals surface area contributed by atoms with Gasteiger partial charge in [-0.15, -0.1) is 0 Å². The minimum absolute atomic E-state index is 0.411. The molecule has 4 rings (SSSR count). The highest BCUT2D eigenvalue weighted by Gasteiger charge is 1.99. The van der Waals surface area contributed by atoms with Crippen LogP contribution in [-0.2, 0) is 0 Å². The molecule has 0 bridgehead atoms. The SMILES string of the molecule is Brc1cc2ccc1=2.S=c1[nH]c(-c2ccccc2)co1. The maximum absolute atomic E-state index is 4.98. The van der Waals surface area contributed by atoms with Crippen LogP contribution in [0.5, 0.6) is 0 Å². The van der Waals surface area contributed by atoms with Gasteiger partial charge in [-0.1, -0.05) is 58.4 Å². The Hall–Kier alpha value is -1.65. The van der Waals surface area contributed by atoms with Crippen LogP contribution in [0.4, 0.5) is 0 Å². The second kappa shape index (κ2) is 5.15. The number of benzene rings is 2. The minimum atomic E-state index is 0.411. The summed E-state index contributed by atoms with van der Waals surface area (Å²) in [6.07, 6.45) is 1.62. The van der Waals surface area contributed by atoms with Gasteiger partial charge in [0, 0.05) is 10.0 Å². The number of aromatic nitrogens is 1. The molecule has 1 aromatic heterocycles. The summed E-state index contributed by atoms with van der Waals surface area (Å²) in [7, 11) is 0. The molecule has 2 nitrogen and oxygen atoms in total. The molecular formula is C15H10BrNOS. The Morgan fingerprint density at radius 3 is 2.21 bits per heavy atom. The molecule has 0 saturated heterocycles. The van der Waals surface area contributed by atoms with Gasteiger partial charge >= 0.3 is 0 Å². The first kappa shape index (κ1) is 12.4. The third-order valence-corrected chi connectivity index (χ3v) is 3.74. The lowest BCUT2D eigenvalue weighted by Gasteiger charge is -2.02. The molecule has 94 valence electrons. The van der Waals surface area contributed by atoms with Gasteiger partial charge in [0.15, 0.2) is 0 Å². The summed E-state index contributed by atoms with van der Waals surface area (Å²) in [6, 6.07) is 16.2. The van der Waals surface area contributed by atoms with Crippen LogP contribution in [0.2, 0.25) is 0 Å². The van der Waals surface area contributed by atoms with Crippen LogP contribution in [-0.4, -0.2) is 4.98 Å². The van der Waals surface area contributed by atoms with Crippen LogP contribution in [0.25, 0.3) is 11.3 Å². The zero-order valence-corrected chi connectivity index (χ0v) is 12.3. The first-order valence-electron chi connectivity index (χ1n) is 5.77. The Kier molecular flexibility index (Phi) is 3.36. The molecule has 2 aromatic rings. The molecule has 0 atom stereocenters.